The second-order valence-corrected chi connectivity index (χ2v) is 17.0. The van der Waals surface area contributed by atoms with Gasteiger partial charge in [0, 0.05) is 57.4 Å². The maximum atomic E-state index is 13.9. The molecule has 0 radical (unpaired) electrons. The molecule has 1 saturated heterocycles. The Morgan fingerprint density at radius 1 is 0.937 bits per heavy atom. The number of piperazine rings is 1. The summed E-state index contributed by atoms with van der Waals surface area (Å²) < 4.78 is 67.0. The summed E-state index contributed by atoms with van der Waals surface area (Å²) >= 11 is 14.5. The molecule has 8 rings (SSSR count). The van der Waals surface area contributed by atoms with Gasteiger partial charge in [-0.15, -0.1) is 0 Å². The highest BCUT2D eigenvalue weighted by atomic mass is 35.5. The molecule has 1 unspecified atom stereocenters. The lowest BCUT2D eigenvalue weighted by molar-refractivity contribution is -0.145. The second-order valence-electron chi connectivity index (χ2n) is 15.3. The number of halogens is 5. The van der Waals surface area contributed by atoms with E-state index in [1.165, 1.54) is 16.8 Å². The average Bonchev–Trinajstić information content (AvgIpc) is 3.93. The van der Waals surface area contributed by atoms with Gasteiger partial charge in [0.2, 0.25) is 12.0 Å². The second kappa shape index (κ2) is 18.3. The number of ether oxygens (including phenoxy) is 3. The van der Waals surface area contributed by atoms with E-state index in [0.717, 1.165) is 48.9 Å². The molecule has 0 spiro atoms. The number of rotatable bonds is 15. The normalized spacial score (nSPS) is 14.4. The van der Waals surface area contributed by atoms with Crippen molar-refractivity contribution < 1.29 is 37.3 Å². The van der Waals surface area contributed by atoms with Crippen molar-refractivity contribution in [3.05, 3.63) is 116 Å². The number of fused-ring (bicyclic) bond motifs is 2. The minimum Gasteiger partial charge on any atom is -0.491 e. The lowest BCUT2D eigenvalue weighted by atomic mass is 9.96. The molecule has 63 heavy (non-hydrogen) atoms. The van der Waals surface area contributed by atoms with Crippen molar-refractivity contribution in [1.82, 2.24) is 33.1 Å². The van der Waals surface area contributed by atoms with Crippen molar-refractivity contribution in [2.45, 2.75) is 38.8 Å². The number of aliphatic carboxylic acids is 1. The van der Waals surface area contributed by atoms with Gasteiger partial charge in [-0.1, -0.05) is 47.5 Å². The predicted molar refractivity (Wildman–Crippen MR) is 236 cm³/mol. The van der Waals surface area contributed by atoms with E-state index in [1.54, 1.807) is 66.2 Å². The molecule has 4 heterocycles. The minimum absolute atomic E-state index is 0.0403. The van der Waals surface area contributed by atoms with E-state index in [9.17, 15) is 27.9 Å². The van der Waals surface area contributed by atoms with Crippen LogP contribution in [-0.4, -0.2) is 103 Å². The maximum absolute atomic E-state index is 13.9. The fraction of sp³-hybridized carbons (Fsp3) is 0.318. The van der Waals surface area contributed by atoms with Gasteiger partial charge in [-0.25, -0.2) is 9.59 Å². The first-order valence-electron chi connectivity index (χ1n) is 20.0. The van der Waals surface area contributed by atoms with Crippen LogP contribution in [0.4, 0.5) is 13.2 Å². The standard InChI is InChI=1S/C44H42Cl2F3N7O6S/c1-26-31(9-11-36(40(26)46)60-19-18-54-16-14-52(2)15-17-54)32-22-30(56-33-10-8-28(45)21-34(33)53(3)43(56)59)23-38-39(32)41(51-63-38)62-37(42(57)58)20-27-6-4-5-7-35(27)61-24-29-12-13-50-55(29)25-44(47,48)49/h4-13,21-23,37H,14-20,24-25H2,1-3H3,(H,57,58). The average molecular weight is 925 g/mol. The summed E-state index contributed by atoms with van der Waals surface area (Å²) in [7, 11) is 3.77. The molecule has 13 nitrogen and oxygen atoms in total. The quantitative estimate of drug-likeness (QED) is 0.107. The van der Waals surface area contributed by atoms with Crippen LogP contribution in [0, 0.1) is 6.92 Å². The third-order valence-electron chi connectivity index (χ3n) is 11.1. The summed E-state index contributed by atoms with van der Waals surface area (Å²) in [4.78, 5) is 31.4. The van der Waals surface area contributed by atoms with Gasteiger partial charge in [-0.3, -0.25) is 18.7 Å². The number of nitrogens with zero attached hydrogens (tertiary/aromatic N) is 7. The van der Waals surface area contributed by atoms with Crippen LogP contribution in [0.5, 0.6) is 17.4 Å². The summed E-state index contributed by atoms with van der Waals surface area (Å²) in [6, 6.07) is 20.6. The van der Waals surface area contributed by atoms with Gasteiger partial charge in [-0.05, 0) is 96.3 Å². The Labute approximate surface area is 373 Å². The molecule has 1 atom stereocenters. The number of aromatic nitrogens is 5. The molecule has 1 fully saturated rings. The van der Waals surface area contributed by atoms with Crippen LogP contribution in [0.2, 0.25) is 10.0 Å². The minimum atomic E-state index is -4.48. The molecule has 0 amide bonds. The predicted octanol–water partition coefficient (Wildman–Crippen LogP) is 8.26. The van der Waals surface area contributed by atoms with Crippen LogP contribution in [0.25, 0.3) is 37.9 Å². The highest BCUT2D eigenvalue weighted by Gasteiger charge is 2.30. The molecule has 19 heteroatoms. The molecular weight excluding hydrogens is 882 g/mol. The molecule has 3 aromatic heterocycles. The third kappa shape index (κ3) is 9.53. The third-order valence-corrected chi connectivity index (χ3v) is 12.6. The van der Waals surface area contributed by atoms with Gasteiger partial charge < -0.3 is 24.2 Å². The number of para-hydroxylation sites is 1. The molecule has 7 aromatic rings. The topological polar surface area (TPSA) is 129 Å². The number of likely N-dealkylation sites (N-methyl/N-ethyl adjacent to an activating group) is 1. The fourth-order valence-electron chi connectivity index (χ4n) is 7.71. The zero-order valence-electron chi connectivity index (χ0n) is 34.4. The van der Waals surface area contributed by atoms with Gasteiger partial charge in [0.15, 0.2) is 0 Å². The lowest BCUT2D eigenvalue weighted by Gasteiger charge is -2.32. The Kier molecular flexibility index (Phi) is 12.8. The van der Waals surface area contributed by atoms with E-state index in [4.69, 9.17) is 37.4 Å². The van der Waals surface area contributed by atoms with Crippen LogP contribution in [0.15, 0.2) is 83.8 Å². The number of carboxylic acids is 1. The van der Waals surface area contributed by atoms with Gasteiger partial charge in [0.1, 0.15) is 31.3 Å². The van der Waals surface area contributed by atoms with E-state index in [0.29, 0.717) is 71.5 Å². The van der Waals surface area contributed by atoms with Crippen molar-refractivity contribution in [2.24, 2.45) is 7.05 Å². The highest BCUT2D eigenvalue weighted by Crippen LogP contribution is 2.44. The Bertz CT molecular complexity index is 2870. The van der Waals surface area contributed by atoms with Crippen LogP contribution < -0.4 is 19.9 Å². The number of carboxylic acid groups (broad SMARTS) is 1. The zero-order valence-corrected chi connectivity index (χ0v) is 36.7. The Hall–Kier alpha value is -5.59. The Balaban J connectivity index is 1.14. The summed E-state index contributed by atoms with van der Waals surface area (Å²) in [5.41, 5.74) is 4.01. The van der Waals surface area contributed by atoms with Gasteiger partial charge in [-0.2, -0.15) is 22.6 Å². The van der Waals surface area contributed by atoms with Crippen molar-refractivity contribution in [2.75, 3.05) is 46.4 Å². The maximum Gasteiger partial charge on any atom is 0.408 e. The van der Waals surface area contributed by atoms with Gasteiger partial charge in [0.05, 0.1) is 37.5 Å². The molecule has 4 aromatic carbocycles. The van der Waals surface area contributed by atoms with Crippen LogP contribution >= 0.6 is 34.7 Å². The van der Waals surface area contributed by atoms with E-state index >= 15 is 0 Å². The molecule has 1 aliphatic rings. The monoisotopic (exact) mass is 923 g/mol. The number of hydrogen-bond acceptors (Lipinski definition) is 10. The Morgan fingerprint density at radius 2 is 1.71 bits per heavy atom. The first-order valence-corrected chi connectivity index (χ1v) is 21.5. The SMILES string of the molecule is Cc1c(-c2cc(-n3c(=O)n(C)c4cc(Cl)ccc43)cc3snc(OC(Cc4ccccc4OCc4ccnn4CC(F)(F)F)C(=O)O)c23)ccc(OCCN2CCN(C)CC2)c1Cl. The summed E-state index contributed by atoms with van der Waals surface area (Å²) in [6.07, 6.45) is -4.89. The van der Waals surface area contributed by atoms with E-state index in [2.05, 4.69) is 26.3 Å². The number of carbonyl (C=O) groups is 1. The zero-order chi connectivity index (χ0) is 44.6. The Morgan fingerprint density at radius 3 is 2.48 bits per heavy atom. The molecule has 0 saturated carbocycles. The summed E-state index contributed by atoms with van der Waals surface area (Å²) in [5, 5.41) is 15.7. The number of imidazole rings is 1. The first kappa shape index (κ1) is 44.0. The van der Waals surface area contributed by atoms with Gasteiger partial charge >= 0.3 is 17.8 Å². The lowest BCUT2D eigenvalue weighted by Crippen LogP contribution is -2.45. The van der Waals surface area contributed by atoms with Crippen molar-refractivity contribution >= 4 is 61.8 Å². The molecular formula is C44H42Cl2F3N7O6S. The first-order chi connectivity index (χ1) is 30.1. The summed E-state index contributed by atoms with van der Waals surface area (Å²) in [5.74, 6) is -0.472. The molecule has 1 aliphatic heterocycles. The molecule has 0 aliphatic carbocycles. The smallest absolute Gasteiger partial charge is 0.408 e. The van der Waals surface area contributed by atoms with Crippen molar-refractivity contribution in [1.29, 1.82) is 0 Å². The number of hydrogen-bond donors (Lipinski definition) is 1. The van der Waals surface area contributed by atoms with Crippen molar-refractivity contribution in [3.8, 4) is 34.2 Å². The summed E-state index contributed by atoms with van der Waals surface area (Å²) in [6.45, 7) is 5.40. The number of benzene rings is 4. The highest BCUT2D eigenvalue weighted by molar-refractivity contribution is 7.13. The number of alkyl halides is 3. The molecule has 330 valence electrons. The molecule has 1 N–H and O–H groups in total. The van der Waals surface area contributed by atoms with Crippen LogP contribution in [0.1, 0.15) is 16.8 Å². The van der Waals surface area contributed by atoms with Crippen LogP contribution in [-0.2, 0) is 31.4 Å². The van der Waals surface area contributed by atoms with Crippen LogP contribution in [0.3, 0.4) is 0 Å². The van der Waals surface area contributed by atoms with E-state index < -0.39 is 24.8 Å². The van der Waals surface area contributed by atoms with Gasteiger partial charge in [0.25, 0.3) is 0 Å². The molecule has 0 bridgehead atoms. The van der Waals surface area contributed by atoms with E-state index in [1.807, 2.05) is 19.1 Å². The fourth-order valence-corrected chi connectivity index (χ4v) is 8.87. The number of aryl methyl sites for hydroxylation is 1. The van der Waals surface area contributed by atoms with Crippen molar-refractivity contribution in [3.63, 3.8) is 0 Å². The largest absolute Gasteiger partial charge is 0.491 e. The van der Waals surface area contributed by atoms with E-state index in [-0.39, 0.29) is 36.0 Å².